The highest BCUT2D eigenvalue weighted by Gasteiger charge is 2.16. The first-order chi connectivity index (χ1) is 11.1. The molecule has 1 aromatic carbocycles. The SMILES string of the molecule is Cc1ccc(C(=O)CCC(=O)Nc2nc3c(s2)CCCC3)cc1. The van der Waals surface area contributed by atoms with Crippen molar-refractivity contribution in [2.24, 2.45) is 0 Å². The highest BCUT2D eigenvalue weighted by Crippen LogP contribution is 2.29. The van der Waals surface area contributed by atoms with Crippen LogP contribution >= 0.6 is 11.3 Å². The van der Waals surface area contributed by atoms with Crippen LogP contribution in [0.15, 0.2) is 24.3 Å². The van der Waals surface area contributed by atoms with E-state index in [1.165, 1.54) is 17.7 Å². The van der Waals surface area contributed by atoms with E-state index >= 15 is 0 Å². The monoisotopic (exact) mass is 328 g/mol. The molecular formula is C18H20N2O2S. The summed E-state index contributed by atoms with van der Waals surface area (Å²) in [5.41, 5.74) is 2.91. The van der Waals surface area contributed by atoms with Crippen molar-refractivity contribution in [3.63, 3.8) is 0 Å². The van der Waals surface area contributed by atoms with Crippen molar-refractivity contribution in [3.8, 4) is 0 Å². The number of nitrogens with one attached hydrogen (secondary N) is 1. The summed E-state index contributed by atoms with van der Waals surface area (Å²) in [4.78, 5) is 29.9. The van der Waals surface area contributed by atoms with Crippen LogP contribution in [0.2, 0.25) is 0 Å². The summed E-state index contributed by atoms with van der Waals surface area (Å²) in [6, 6.07) is 7.44. The van der Waals surface area contributed by atoms with Crippen molar-refractivity contribution in [2.75, 3.05) is 5.32 Å². The van der Waals surface area contributed by atoms with E-state index in [0.29, 0.717) is 10.7 Å². The summed E-state index contributed by atoms with van der Waals surface area (Å²) in [7, 11) is 0. The fourth-order valence-electron chi connectivity index (χ4n) is 2.70. The van der Waals surface area contributed by atoms with Crippen LogP contribution in [0.4, 0.5) is 5.13 Å². The number of hydrogen-bond donors (Lipinski definition) is 1. The third kappa shape index (κ3) is 4.05. The number of rotatable bonds is 5. The molecule has 1 N–H and O–H groups in total. The molecule has 4 nitrogen and oxygen atoms in total. The lowest BCUT2D eigenvalue weighted by Crippen LogP contribution is -2.13. The number of Topliss-reactive ketones (excluding diaryl/α,β-unsaturated/α-hetero) is 1. The lowest BCUT2D eigenvalue weighted by atomic mass is 10.0. The summed E-state index contributed by atoms with van der Waals surface area (Å²) >= 11 is 1.57. The highest BCUT2D eigenvalue weighted by atomic mass is 32.1. The lowest BCUT2D eigenvalue weighted by molar-refractivity contribution is -0.116. The van der Waals surface area contributed by atoms with Gasteiger partial charge < -0.3 is 5.32 Å². The summed E-state index contributed by atoms with van der Waals surface area (Å²) in [6.45, 7) is 1.98. The van der Waals surface area contributed by atoms with E-state index in [1.54, 1.807) is 11.3 Å². The van der Waals surface area contributed by atoms with E-state index in [9.17, 15) is 9.59 Å². The van der Waals surface area contributed by atoms with E-state index in [0.717, 1.165) is 24.1 Å². The quantitative estimate of drug-likeness (QED) is 0.846. The van der Waals surface area contributed by atoms with Crippen molar-refractivity contribution in [3.05, 3.63) is 46.0 Å². The maximum atomic E-state index is 12.1. The average molecular weight is 328 g/mol. The van der Waals surface area contributed by atoms with Gasteiger partial charge >= 0.3 is 0 Å². The van der Waals surface area contributed by atoms with Gasteiger partial charge in [0.15, 0.2) is 10.9 Å². The predicted octanol–water partition coefficient (Wildman–Crippen LogP) is 3.93. The van der Waals surface area contributed by atoms with Gasteiger partial charge in [-0.05, 0) is 32.6 Å². The summed E-state index contributed by atoms with van der Waals surface area (Å²) in [6.07, 6.45) is 4.86. The minimum atomic E-state index is -0.142. The maximum absolute atomic E-state index is 12.1. The zero-order valence-electron chi connectivity index (χ0n) is 13.2. The Hall–Kier alpha value is -2.01. The van der Waals surface area contributed by atoms with Gasteiger partial charge in [0.25, 0.3) is 0 Å². The van der Waals surface area contributed by atoms with Crippen LogP contribution in [0.1, 0.15) is 52.2 Å². The Bertz CT molecular complexity index is 696. The van der Waals surface area contributed by atoms with E-state index in [2.05, 4.69) is 10.3 Å². The van der Waals surface area contributed by atoms with Crippen LogP contribution in [0.5, 0.6) is 0 Å². The van der Waals surface area contributed by atoms with Crippen LogP contribution in [-0.4, -0.2) is 16.7 Å². The second-order valence-corrected chi connectivity index (χ2v) is 7.02. The van der Waals surface area contributed by atoms with Gasteiger partial charge in [0.2, 0.25) is 5.91 Å². The number of aryl methyl sites for hydroxylation is 3. The number of fused-ring (bicyclic) bond motifs is 1. The first kappa shape index (κ1) is 15.9. The molecule has 0 spiro atoms. The zero-order chi connectivity index (χ0) is 16.2. The standard InChI is InChI=1S/C18H20N2O2S/c1-12-6-8-13(9-7-12)15(21)10-11-17(22)20-18-19-14-4-2-3-5-16(14)23-18/h6-9H,2-5,10-11H2,1H3,(H,19,20,22). The normalized spacial score (nSPS) is 13.4. The molecule has 2 aromatic rings. The zero-order valence-corrected chi connectivity index (χ0v) is 14.0. The number of nitrogens with zero attached hydrogens (tertiary/aromatic N) is 1. The molecule has 23 heavy (non-hydrogen) atoms. The molecule has 120 valence electrons. The number of anilines is 1. The van der Waals surface area contributed by atoms with Gasteiger partial charge in [-0.2, -0.15) is 0 Å². The van der Waals surface area contributed by atoms with Gasteiger partial charge in [-0.3, -0.25) is 9.59 Å². The summed E-state index contributed by atoms with van der Waals surface area (Å²) < 4.78 is 0. The van der Waals surface area contributed by atoms with Gasteiger partial charge in [0.1, 0.15) is 0 Å². The number of aromatic nitrogens is 1. The Labute approximate surface area is 140 Å². The largest absolute Gasteiger partial charge is 0.302 e. The van der Waals surface area contributed by atoms with Crippen LogP contribution in [-0.2, 0) is 17.6 Å². The smallest absolute Gasteiger partial charge is 0.226 e. The minimum Gasteiger partial charge on any atom is -0.302 e. The van der Waals surface area contributed by atoms with Crippen LogP contribution in [0, 0.1) is 6.92 Å². The molecule has 1 aliphatic carbocycles. The molecule has 1 aromatic heterocycles. The van der Waals surface area contributed by atoms with Crippen molar-refractivity contribution < 1.29 is 9.59 Å². The van der Waals surface area contributed by atoms with Crippen molar-refractivity contribution in [1.29, 1.82) is 0 Å². The molecule has 0 atom stereocenters. The second-order valence-electron chi connectivity index (χ2n) is 5.93. The lowest BCUT2D eigenvalue weighted by Gasteiger charge is -2.06. The van der Waals surface area contributed by atoms with Gasteiger partial charge in [-0.15, -0.1) is 11.3 Å². The first-order valence-electron chi connectivity index (χ1n) is 8.00. The average Bonchev–Trinajstić information content (AvgIpc) is 2.95. The summed E-state index contributed by atoms with van der Waals surface area (Å²) in [5, 5.41) is 3.50. The topological polar surface area (TPSA) is 59.1 Å². The van der Waals surface area contributed by atoms with Crippen molar-refractivity contribution in [1.82, 2.24) is 4.98 Å². The Morgan fingerprint density at radius 1 is 1.13 bits per heavy atom. The van der Waals surface area contributed by atoms with Gasteiger partial charge in [0.05, 0.1) is 5.69 Å². The number of ketones is 1. The number of hydrogen-bond acceptors (Lipinski definition) is 4. The van der Waals surface area contributed by atoms with E-state index in [-0.39, 0.29) is 24.5 Å². The first-order valence-corrected chi connectivity index (χ1v) is 8.82. The molecule has 5 heteroatoms. The molecule has 1 heterocycles. The molecule has 0 aliphatic heterocycles. The molecule has 0 radical (unpaired) electrons. The number of thiazole rings is 1. The Balaban J connectivity index is 1.52. The van der Waals surface area contributed by atoms with E-state index < -0.39 is 0 Å². The fourth-order valence-corrected chi connectivity index (χ4v) is 3.76. The van der Waals surface area contributed by atoms with Crippen LogP contribution in [0.3, 0.4) is 0 Å². The molecule has 0 fully saturated rings. The molecule has 3 rings (SSSR count). The number of carbonyl (C=O) groups excluding carboxylic acids is 2. The molecule has 0 unspecified atom stereocenters. The summed E-state index contributed by atoms with van der Waals surface area (Å²) in [5.74, 6) is -0.143. The van der Waals surface area contributed by atoms with Gasteiger partial charge in [-0.1, -0.05) is 29.8 Å². The van der Waals surface area contributed by atoms with Crippen LogP contribution < -0.4 is 5.32 Å². The maximum Gasteiger partial charge on any atom is 0.226 e. The Morgan fingerprint density at radius 3 is 2.61 bits per heavy atom. The minimum absolute atomic E-state index is 0.00131. The third-order valence-electron chi connectivity index (χ3n) is 4.04. The molecule has 1 amide bonds. The third-order valence-corrected chi connectivity index (χ3v) is 5.12. The Kier molecular flexibility index (Phi) is 4.86. The fraction of sp³-hybridized carbons (Fsp3) is 0.389. The van der Waals surface area contributed by atoms with Crippen LogP contribution in [0.25, 0.3) is 0 Å². The molecular weight excluding hydrogens is 308 g/mol. The molecule has 1 aliphatic rings. The van der Waals surface area contributed by atoms with Crippen molar-refractivity contribution in [2.45, 2.75) is 45.4 Å². The van der Waals surface area contributed by atoms with E-state index in [1.807, 2.05) is 31.2 Å². The number of benzene rings is 1. The Morgan fingerprint density at radius 2 is 1.87 bits per heavy atom. The highest BCUT2D eigenvalue weighted by molar-refractivity contribution is 7.15. The number of amides is 1. The molecule has 0 bridgehead atoms. The molecule has 0 saturated heterocycles. The second kappa shape index (κ2) is 7.04. The predicted molar refractivity (Wildman–Crippen MR) is 92.1 cm³/mol. The van der Waals surface area contributed by atoms with Gasteiger partial charge in [-0.25, -0.2) is 4.98 Å². The molecule has 0 saturated carbocycles. The van der Waals surface area contributed by atoms with E-state index in [4.69, 9.17) is 0 Å². The van der Waals surface area contributed by atoms with Crippen molar-refractivity contribution >= 4 is 28.2 Å². The number of carbonyl (C=O) groups is 2. The van der Waals surface area contributed by atoms with Gasteiger partial charge in [0, 0.05) is 23.3 Å².